The fourth-order valence-corrected chi connectivity index (χ4v) is 2.69. The summed E-state index contributed by atoms with van der Waals surface area (Å²) in [5.41, 5.74) is 2.14. The molecule has 0 fully saturated rings. The summed E-state index contributed by atoms with van der Waals surface area (Å²) in [5, 5.41) is 0.319. The second-order valence-electron chi connectivity index (χ2n) is 5.70. The zero-order chi connectivity index (χ0) is 17.4. The Bertz CT molecular complexity index is 892. The SMILES string of the molecule is CC(C)=C1Oc2c(ccc(OC(=O)c3ccccc3Cl)c2C)C1=O. The van der Waals surface area contributed by atoms with Gasteiger partial charge in [0.2, 0.25) is 5.78 Å². The van der Waals surface area contributed by atoms with Gasteiger partial charge in [0.25, 0.3) is 0 Å². The molecular weight excluding hydrogens is 328 g/mol. The topological polar surface area (TPSA) is 52.6 Å². The Morgan fingerprint density at radius 2 is 1.83 bits per heavy atom. The molecule has 0 aliphatic carbocycles. The highest BCUT2D eigenvalue weighted by atomic mass is 35.5. The maximum Gasteiger partial charge on any atom is 0.345 e. The van der Waals surface area contributed by atoms with Crippen LogP contribution in [0, 0.1) is 6.92 Å². The molecule has 1 aliphatic heterocycles. The number of carbonyl (C=O) groups excluding carboxylic acids is 2. The van der Waals surface area contributed by atoms with Gasteiger partial charge in [0.15, 0.2) is 5.76 Å². The van der Waals surface area contributed by atoms with Crippen LogP contribution >= 0.6 is 11.6 Å². The third-order valence-corrected chi connectivity index (χ3v) is 4.09. The molecule has 5 heteroatoms. The Kier molecular flexibility index (Phi) is 4.16. The van der Waals surface area contributed by atoms with E-state index >= 15 is 0 Å². The first-order valence-corrected chi connectivity index (χ1v) is 7.78. The number of fused-ring (bicyclic) bond motifs is 1. The number of benzene rings is 2. The molecule has 0 radical (unpaired) electrons. The first kappa shape index (κ1) is 16.3. The normalized spacial score (nSPS) is 12.7. The number of esters is 1. The average Bonchev–Trinajstić information content (AvgIpc) is 2.88. The van der Waals surface area contributed by atoms with E-state index in [0.717, 1.165) is 5.57 Å². The molecule has 1 heterocycles. The Balaban J connectivity index is 1.95. The van der Waals surface area contributed by atoms with Crippen LogP contribution in [0.1, 0.15) is 40.1 Å². The summed E-state index contributed by atoms with van der Waals surface area (Å²) in [7, 11) is 0. The number of halogens is 1. The van der Waals surface area contributed by atoms with Gasteiger partial charge in [-0.05, 0) is 50.6 Å². The van der Waals surface area contributed by atoms with Crippen molar-refractivity contribution < 1.29 is 19.1 Å². The zero-order valence-corrected chi connectivity index (χ0v) is 14.2. The van der Waals surface area contributed by atoms with Crippen molar-refractivity contribution in [3.8, 4) is 11.5 Å². The molecule has 0 N–H and O–H groups in total. The van der Waals surface area contributed by atoms with Gasteiger partial charge < -0.3 is 9.47 Å². The van der Waals surface area contributed by atoms with E-state index in [4.69, 9.17) is 21.1 Å². The van der Waals surface area contributed by atoms with E-state index in [2.05, 4.69) is 0 Å². The third-order valence-electron chi connectivity index (χ3n) is 3.76. The highest BCUT2D eigenvalue weighted by molar-refractivity contribution is 6.33. The molecule has 0 saturated carbocycles. The molecular formula is C19H15ClO4. The molecule has 0 amide bonds. The van der Waals surface area contributed by atoms with Crippen LogP contribution in [0.25, 0.3) is 0 Å². The predicted molar refractivity (Wildman–Crippen MR) is 90.9 cm³/mol. The van der Waals surface area contributed by atoms with Gasteiger partial charge >= 0.3 is 5.97 Å². The number of carbonyl (C=O) groups is 2. The summed E-state index contributed by atoms with van der Waals surface area (Å²) in [5.74, 6) is 0.373. The molecule has 0 unspecified atom stereocenters. The monoisotopic (exact) mass is 342 g/mol. The van der Waals surface area contributed by atoms with Crippen molar-refractivity contribution in [3.63, 3.8) is 0 Å². The molecule has 0 saturated heterocycles. The van der Waals surface area contributed by atoms with E-state index in [-0.39, 0.29) is 11.3 Å². The number of ether oxygens (including phenoxy) is 2. The number of hydrogen-bond acceptors (Lipinski definition) is 4. The van der Waals surface area contributed by atoms with E-state index in [1.807, 2.05) is 13.8 Å². The largest absolute Gasteiger partial charge is 0.452 e. The fraction of sp³-hybridized carbons (Fsp3) is 0.158. The van der Waals surface area contributed by atoms with E-state index < -0.39 is 5.97 Å². The van der Waals surface area contributed by atoms with Gasteiger partial charge in [0.05, 0.1) is 16.1 Å². The van der Waals surface area contributed by atoms with Crippen LogP contribution in [-0.2, 0) is 0 Å². The van der Waals surface area contributed by atoms with Gasteiger partial charge in [-0.25, -0.2) is 4.79 Å². The van der Waals surface area contributed by atoms with Gasteiger partial charge in [-0.1, -0.05) is 23.7 Å². The molecule has 1 aliphatic rings. The average molecular weight is 343 g/mol. The smallest absolute Gasteiger partial charge is 0.345 e. The molecule has 0 bridgehead atoms. The lowest BCUT2D eigenvalue weighted by molar-refractivity contribution is 0.0733. The number of allylic oxidation sites excluding steroid dienone is 2. The molecule has 0 spiro atoms. The van der Waals surface area contributed by atoms with Crippen molar-refractivity contribution in [2.24, 2.45) is 0 Å². The minimum atomic E-state index is -0.560. The molecule has 122 valence electrons. The molecule has 2 aromatic rings. The fourth-order valence-electron chi connectivity index (χ4n) is 2.48. The van der Waals surface area contributed by atoms with Crippen molar-refractivity contribution in [1.29, 1.82) is 0 Å². The Morgan fingerprint density at radius 3 is 2.50 bits per heavy atom. The molecule has 4 nitrogen and oxygen atoms in total. The van der Waals surface area contributed by atoms with Gasteiger partial charge in [-0.15, -0.1) is 0 Å². The Hall–Kier alpha value is -2.59. The number of Topliss-reactive ketones (excluding diaryl/α,β-unsaturated/α-hetero) is 1. The minimum Gasteiger partial charge on any atom is -0.452 e. The van der Waals surface area contributed by atoms with Gasteiger partial charge in [0, 0.05) is 5.56 Å². The lowest BCUT2D eigenvalue weighted by Gasteiger charge is -2.10. The molecule has 0 aromatic heterocycles. The summed E-state index contributed by atoms with van der Waals surface area (Å²) < 4.78 is 11.1. The first-order valence-electron chi connectivity index (χ1n) is 7.40. The Morgan fingerprint density at radius 1 is 1.12 bits per heavy atom. The zero-order valence-electron chi connectivity index (χ0n) is 13.5. The Labute approximate surface area is 144 Å². The maximum absolute atomic E-state index is 12.3. The van der Waals surface area contributed by atoms with Gasteiger partial charge in [-0.2, -0.15) is 0 Å². The summed E-state index contributed by atoms with van der Waals surface area (Å²) in [4.78, 5) is 24.6. The van der Waals surface area contributed by atoms with Crippen LogP contribution in [0.2, 0.25) is 5.02 Å². The third kappa shape index (κ3) is 2.69. The summed E-state index contributed by atoms with van der Waals surface area (Å²) in [6, 6.07) is 9.86. The van der Waals surface area contributed by atoms with Crippen molar-refractivity contribution in [1.82, 2.24) is 0 Å². The predicted octanol–water partition coefficient (Wildman–Crippen LogP) is 4.74. The lowest BCUT2D eigenvalue weighted by atomic mass is 10.1. The quantitative estimate of drug-likeness (QED) is 0.449. The molecule has 0 atom stereocenters. The number of hydrogen-bond donors (Lipinski definition) is 0. The van der Waals surface area contributed by atoms with Gasteiger partial charge in [-0.3, -0.25) is 4.79 Å². The van der Waals surface area contributed by atoms with Crippen LogP contribution in [0.5, 0.6) is 11.5 Å². The lowest BCUT2D eigenvalue weighted by Crippen LogP contribution is -2.10. The van der Waals surface area contributed by atoms with Gasteiger partial charge in [0.1, 0.15) is 11.5 Å². The van der Waals surface area contributed by atoms with Crippen molar-refractivity contribution in [2.75, 3.05) is 0 Å². The first-order chi connectivity index (χ1) is 11.4. The van der Waals surface area contributed by atoms with E-state index in [1.54, 1.807) is 43.3 Å². The second-order valence-corrected chi connectivity index (χ2v) is 6.10. The minimum absolute atomic E-state index is 0.155. The summed E-state index contributed by atoms with van der Waals surface area (Å²) >= 11 is 6.02. The summed E-state index contributed by atoms with van der Waals surface area (Å²) in [6.07, 6.45) is 0. The van der Waals surface area contributed by atoms with Crippen LogP contribution in [0.3, 0.4) is 0 Å². The van der Waals surface area contributed by atoms with Crippen LogP contribution < -0.4 is 9.47 Å². The van der Waals surface area contributed by atoms with Crippen LogP contribution in [0.4, 0.5) is 0 Å². The second kappa shape index (κ2) is 6.13. The van der Waals surface area contributed by atoms with E-state index in [1.165, 1.54) is 0 Å². The van der Waals surface area contributed by atoms with Crippen LogP contribution in [0.15, 0.2) is 47.7 Å². The maximum atomic E-state index is 12.3. The number of ketones is 1. The van der Waals surface area contributed by atoms with Crippen molar-refractivity contribution in [3.05, 3.63) is 69.4 Å². The van der Waals surface area contributed by atoms with E-state index in [9.17, 15) is 9.59 Å². The van der Waals surface area contributed by atoms with Crippen LogP contribution in [-0.4, -0.2) is 11.8 Å². The molecule has 2 aromatic carbocycles. The van der Waals surface area contributed by atoms with Crippen molar-refractivity contribution >= 4 is 23.4 Å². The number of rotatable bonds is 2. The molecule has 24 heavy (non-hydrogen) atoms. The van der Waals surface area contributed by atoms with E-state index in [0.29, 0.717) is 33.4 Å². The molecule has 3 rings (SSSR count). The summed E-state index contributed by atoms with van der Waals surface area (Å²) in [6.45, 7) is 5.37. The highest BCUT2D eigenvalue weighted by Crippen LogP contribution is 2.39. The highest BCUT2D eigenvalue weighted by Gasteiger charge is 2.31. The standard InChI is InChI=1S/C19H15ClO4/c1-10(2)17-16(21)13-8-9-15(11(3)18(13)24-17)23-19(22)12-6-4-5-7-14(12)20/h4-9H,1-3H3. The van der Waals surface area contributed by atoms with Crippen molar-refractivity contribution in [2.45, 2.75) is 20.8 Å².